The van der Waals surface area contributed by atoms with Gasteiger partial charge in [0.2, 0.25) is 0 Å². The minimum atomic E-state index is -0.161. The molecule has 0 aliphatic carbocycles. The Hall–Kier alpha value is -2.12. The van der Waals surface area contributed by atoms with Crippen molar-refractivity contribution in [2.45, 2.75) is 33.1 Å². The number of aliphatic imine (C=N–C) groups is 1. The fourth-order valence-electron chi connectivity index (χ4n) is 2.18. The number of benzene rings is 1. The summed E-state index contributed by atoms with van der Waals surface area (Å²) >= 11 is 2.89. The van der Waals surface area contributed by atoms with Gasteiger partial charge in [-0.25, -0.2) is 9.98 Å². The molecule has 1 aliphatic rings. The standard InChI is InChI=1S/C18H19N3O2S2/c1-10-7-11(22)5-6-13(10)20-17-21-15(23)14(25-17)8-12-9-19-16(24-12)18(2,3)4/h5-9,22H,1-4H3,(H,20,21,23)/b14-8-. The Balaban J connectivity index is 1.82. The molecule has 1 fully saturated rings. The van der Waals surface area contributed by atoms with Crippen LogP contribution in [0, 0.1) is 6.92 Å². The van der Waals surface area contributed by atoms with Crippen molar-refractivity contribution >= 4 is 45.9 Å². The number of aromatic hydroxyl groups is 1. The maximum atomic E-state index is 12.2. The molecule has 130 valence electrons. The number of amides is 1. The molecule has 0 radical (unpaired) electrons. The van der Waals surface area contributed by atoms with Crippen molar-refractivity contribution in [2.75, 3.05) is 0 Å². The summed E-state index contributed by atoms with van der Waals surface area (Å²) in [6.45, 7) is 8.21. The first-order valence-corrected chi connectivity index (χ1v) is 9.41. The molecule has 1 aromatic carbocycles. The monoisotopic (exact) mass is 373 g/mol. The molecular weight excluding hydrogens is 354 g/mol. The van der Waals surface area contributed by atoms with Crippen LogP contribution in [0.15, 0.2) is 34.3 Å². The SMILES string of the molecule is Cc1cc(O)ccc1N=C1NC(=O)/C(=C/c2cnc(C(C)(C)C)s2)S1. The Morgan fingerprint density at radius 3 is 2.72 bits per heavy atom. The summed E-state index contributed by atoms with van der Waals surface area (Å²) in [4.78, 5) is 22.6. The number of aryl methyl sites for hydroxylation is 1. The molecule has 0 unspecified atom stereocenters. The molecule has 2 heterocycles. The number of nitrogens with one attached hydrogen (secondary N) is 1. The Bertz CT molecular complexity index is 892. The number of carbonyl (C=O) groups excluding carboxylic acids is 1. The van der Waals surface area contributed by atoms with Gasteiger partial charge in [0.05, 0.1) is 15.6 Å². The minimum absolute atomic E-state index is 0.00445. The predicted molar refractivity (Wildman–Crippen MR) is 104 cm³/mol. The van der Waals surface area contributed by atoms with Crippen LogP contribution in [0.25, 0.3) is 6.08 Å². The number of hydrogen-bond donors (Lipinski definition) is 2. The molecular formula is C18H19N3O2S2. The first-order chi connectivity index (χ1) is 11.7. The van der Waals surface area contributed by atoms with Gasteiger partial charge < -0.3 is 10.4 Å². The van der Waals surface area contributed by atoms with E-state index in [9.17, 15) is 9.90 Å². The normalized spacial score (nSPS) is 18.2. The molecule has 1 aromatic heterocycles. The van der Waals surface area contributed by atoms with Crippen molar-refractivity contribution in [1.29, 1.82) is 0 Å². The number of nitrogens with zero attached hydrogens (tertiary/aromatic N) is 2. The largest absolute Gasteiger partial charge is 0.508 e. The Labute approximate surface area is 154 Å². The van der Waals surface area contributed by atoms with Crippen LogP contribution in [-0.4, -0.2) is 21.2 Å². The lowest BCUT2D eigenvalue weighted by molar-refractivity contribution is -0.115. The number of carbonyl (C=O) groups is 1. The number of phenols is 1. The van der Waals surface area contributed by atoms with Crippen LogP contribution in [0.3, 0.4) is 0 Å². The Morgan fingerprint density at radius 2 is 2.08 bits per heavy atom. The van der Waals surface area contributed by atoms with Crippen molar-refractivity contribution in [3.8, 4) is 5.75 Å². The number of thiazole rings is 1. The van der Waals surface area contributed by atoms with Gasteiger partial charge in [0, 0.05) is 16.5 Å². The molecule has 1 amide bonds. The maximum absolute atomic E-state index is 12.2. The zero-order chi connectivity index (χ0) is 18.2. The van der Waals surface area contributed by atoms with Gasteiger partial charge in [0.15, 0.2) is 5.17 Å². The topological polar surface area (TPSA) is 74.6 Å². The number of thioether (sulfide) groups is 1. The molecule has 0 bridgehead atoms. The predicted octanol–water partition coefficient (Wildman–Crippen LogP) is 4.35. The maximum Gasteiger partial charge on any atom is 0.264 e. The van der Waals surface area contributed by atoms with E-state index in [1.165, 1.54) is 11.8 Å². The van der Waals surface area contributed by atoms with Gasteiger partial charge in [-0.3, -0.25) is 4.79 Å². The van der Waals surface area contributed by atoms with E-state index < -0.39 is 0 Å². The van der Waals surface area contributed by atoms with E-state index in [0.717, 1.165) is 21.1 Å². The van der Waals surface area contributed by atoms with Crippen LogP contribution >= 0.6 is 23.1 Å². The molecule has 0 saturated carbocycles. The molecule has 5 nitrogen and oxygen atoms in total. The number of phenolic OH excluding ortho intramolecular Hbond substituents is 1. The minimum Gasteiger partial charge on any atom is -0.508 e. The summed E-state index contributed by atoms with van der Waals surface area (Å²) in [5.74, 6) is 0.0379. The first kappa shape index (κ1) is 17.7. The third kappa shape index (κ3) is 4.11. The van der Waals surface area contributed by atoms with Crippen LogP contribution in [0.4, 0.5) is 5.69 Å². The number of aromatic nitrogens is 1. The summed E-state index contributed by atoms with van der Waals surface area (Å²) in [5, 5.41) is 13.8. The lowest BCUT2D eigenvalue weighted by atomic mass is 9.98. The molecule has 0 atom stereocenters. The molecule has 1 saturated heterocycles. The van der Waals surface area contributed by atoms with Gasteiger partial charge >= 0.3 is 0 Å². The quantitative estimate of drug-likeness (QED) is 0.768. The highest BCUT2D eigenvalue weighted by Crippen LogP contribution is 2.33. The van der Waals surface area contributed by atoms with E-state index in [1.807, 2.05) is 13.0 Å². The lowest BCUT2D eigenvalue weighted by Crippen LogP contribution is -2.19. The van der Waals surface area contributed by atoms with Crippen molar-refractivity contribution in [1.82, 2.24) is 10.3 Å². The molecule has 2 aromatic rings. The van der Waals surface area contributed by atoms with Gasteiger partial charge in [0.25, 0.3) is 5.91 Å². The van der Waals surface area contributed by atoms with E-state index in [2.05, 4.69) is 36.1 Å². The summed E-state index contributed by atoms with van der Waals surface area (Å²) < 4.78 is 0. The summed E-state index contributed by atoms with van der Waals surface area (Å²) in [6.07, 6.45) is 3.64. The molecule has 1 aliphatic heterocycles. The number of amidine groups is 1. The fraction of sp³-hybridized carbons (Fsp3) is 0.278. The van der Waals surface area contributed by atoms with Crippen LogP contribution in [0.1, 0.15) is 36.2 Å². The smallest absolute Gasteiger partial charge is 0.264 e. The second-order valence-corrected chi connectivity index (χ2v) is 8.86. The third-order valence-electron chi connectivity index (χ3n) is 3.49. The molecule has 3 rings (SSSR count). The van der Waals surface area contributed by atoms with Gasteiger partial charge in [-0.15, -0.1) is 11.3 Å². The summed E-state index contributed by atoms with van der Waals surface area (Å²) in [6, 6.07) is 4.95. The average Bonchev–Trinajstić information content (AvgIpc) is 3.10. The van der Waals surface area contributed by atoms with Crippen LogP contribution in [0.2, 0.25) is 0 Å². The molecule has 2 N–H and O–H groups in total. The molecule has 0 spiro atoms. The zero-order valence-electron chi connectivity index (χ0n) is 14.5. The van der Waals surface area contributed by atoms with E-state index in [0.29, 0.717) is 10.1 Å². The first-order valence-electron chi connectivity index (χ1n) is 7.78. The van der Waals surface area contributed by atoms with E-state index in [1.54, 1.807) is 35.7 Å². The van der Waals surface area contributed by atoms with Crippen LogP contribution in [0.5, 0.6) is 5.75 Å². The second kappa shape index (κ2) is 6.65. The van der Waals surface area contributed by atoms with Crippen molar-refractivity contribution in [3.63, 3.8) is 0 Å². The number of rotatable bonds is 2. The third-order valence-corrected chi connectivity index (χ3v) is 5.77. The Morgan fingerprint density at radius 1 is 1.32 bits per heavy atom. The fourth-order valence-corrected chi connectivity index (χ4v) is 4.00. The van der Waals surface area contributed by atoms with Gasteiger partial charge in [-0.05, 0) is 48.5 Å². The lowest BCUT2D eigenvalue weighted by Gasteiger charge is -2.13. The van der Waals surface area contributed by atoms with Gasteiger partial charge in [-0.1, -0.05) is 20.8 Å². The average molecular weight is 374 g/mol. The molecule has 7 heteroatoms. The number of hydrogen-bond acceptors (Lipinski definition) is 6. The van der Waals surface area contributed by atoms with Crippen molar-refractivity contribution < 1.29 is 9.90 Å². The zero-order valence-corrected chi connectivity index (χ0v) is 16.1. The van der Waals surface area contributed by atoms with Crippen LogP contribution in [-0.2, 0) is 10.2 Å². The summed E-state index contributed by atoms with van der Waals surface area (Å²) in [5.41, 5.74) is 1.56. The highest BCUT2D eigenvalue weighted by atomic mass is 32.2. The summed E-state index contributed by atoms with van der Waals surface area (Å²) in [7, 11) is 0. The van der Waals surface area contributed by atoms with E-state index in [-0.39, 0.29) is 17.1 Å². The highest BCUT2D eigenvalue weighted by Gasteiger charge is 2.25. The van der Waals surface area contributed by atoms with Gasteiger partial charge in [-0.2, -0.15) is 0 Å². The van der Waals surface area contributed by atoms with Crippen LogP contribution < -0.4 is 5.32 Å². The van der Waals surface area contributed by atoms with Crippen molar-refractivity contribution in [2.24, 2.45) is 4.99 Å². The van der Waals surface area contributed by atoms with Crippen molar-refractivity contribution in [3.05, 3.63) is 44.7 Å². The van der Waals surface area contributed by atoms with E-state index >= 15 is 0 Å². The Kier molecular flexibility index (Phi) is 4.71. The molecule has 25 heavy (non-hydrogen) atoms. The highest BCUT2D eigenvalue weighted by molar-refractivity contribution is 8.18. The van der Waals surface area contributed by atoms with E-state index in [4.69, 9.17) is 0 Å². The van der Waals surface area contributed by atoms with Gasteiger partial charge in [0.1, 0.15) is 5.75 Å². The second-order valence-electron chi connectivity index (χ2n) is 6.77.